The van der Waals surface area contributed by atoms with Gasteiger partial charge in [0.25, 0.3) is 0 Å². The van der Waals surface area contributed by atoms with Crippen molar-refractivity contribution in [3.63, 3.8) is 0 Å². The van der Waals surface area contributed by atoms with Crippen molar-refractivity contribution in [2.75, 3.05) is 5.32 Å². The van der Waals surface area contributed by atoms with Gasteiger partial charge in [0.05, 0.1) is 10.9 Å². The second kappa shape index (κ2) is 5.33. The zero-order valence-electron chi connectivity index (χ0n) is 9.34. The molecule has 1 atom stereocenters. The fourth-order valence-corrected chi connectivity index (χ4v) is 2.89. The Hall–Kier alpha value is -1.34. The number of thioether (sulfide) groups is 1. The molecular weight excluding hydrogens is 258 g/mol. The summed E-state index contributed by atoms with van der Waals surface area (Å²) in [5.41, 5.74) is 0.737. The van der Waals surface area contributed by atoms with Crippen LogP contribution in [-0.4, -0.2) is 21.3 Å². The number of rotatable bonds is 4. The number of hydrogen-bond donors (Lipinski definition) is 1. The van der Waals surface area contributed by atoms with Crippen LogP contribution in [0.3, 0.4) is 0 Å². The lowest BCUT2D eigenvalue weighted by atomic mass is 10.4. The van der Waals surface area contributed by atoms with Gasteiger partial charge in [0.15, 0.2) is 4.34 Å². The molecule has 0 saturated carbocycles. The number of hydrogen-bond acceptors (Lipinski definition) is 6. The largest absolute Gasteiger partial charge is 0.338 e. The van der Waals surface area contributed by atoms with Crippen LogP contribution in [0, 0.1) is 6.92 Å². The summed E-state index contributed by atoms with van der Waals surface area (Å²) in [7, 11) is 0. The van der Waals surface area contributed by atoms with Gasteiger partial charge in [0.1, 0.15) is 0 Å². The molecule has 0 aliphatic carbocycles. The van der Waals surface area contributed by atoms with Gasteiger partial charge in [0.2, 0.25) is 11.8 Å². The van der Waals surface area contributed by atoms with Gasteiger partial charge >= 0.3 is 0 Å². The SMILES string of the molecule is Cc1cc(NC(=O)C(C)Sc2nccs2)on1. The normalized spacial score (nSPS) is 12.4. The molecule has 90 valence electrons. The van der Waals surface area contributed by atoms with E-state index in [9.17, 15) is 4.79 Å². The molecule has 0 spiro atoms. The van der Waals surface area contributed by atoms with Crippen molar-refractivity contribution in [1.29, 1.82) is 0 Å². The summed E-state index contributed by atoms with van der Waals surface area (Å²) in [5, 5.41) is 8.01. The molecule has 0 aromatic carbocycles. The molecule has 17 heavy (non-hydrogen) atoms. The first kappa shape index (κ1) is 12.1. The Morgan fingerprint density at radius 1 is 1.65 bits per heavy atom. The van der Waals surface area contributed by atoms with Crippen molar-refractivity contribution in [2.45, 2.75) is 23.4 Å². The fraction of sp³-hybridized carbons (Fsp3) is 0.300. The minimum atomic E-state index is -0.230. The van der Waals surface area contributed by atoms with Gasteiger partial charge in [0, 0.05) is 17.6 Å². The van der Waals surface area contributed by atoms with E-state index in [-0.39, 0.29) is 11.2 Å². The Morgan fingerprint density at radius 2 is 2.47 bits per heavy atom. The predicted molar refractivity (Wildman–Crippen MR) is 67.3 cm³/mol. The van der Waals surface area contributed by atoms with E-state index < -0.39 is 0 Å². The first-order chi connectivity index (χ1) is 8.15. The number of aryl methyl sites for hydroxylation is 1. The van der Waals surface area contributed by atoms with Gasteiger partial charge in [-0.3, -0.25) is 10.1 Å². The Morgan fingerprint density at radius 3 is 3.06 bits per heavy atom. The molecule has 0 aliphatic rings. The Bertz CT molecular complexity index is 495. The number of nitrogens with zero attached hydrogens (tertiary/aromatic N) is 2. The van der Waals surface area contributed by atoms with E-state index in [4.69, 9.17) is 4.52 Å². The quantitative estimate of drug-likeness (QED) is 0.864. The summed E-state index contributed by atoms with van der Waals surface area (Å²) < 4.78 is 5.79. The third-order valence-electron chi connectivity index (χ3n) is 1.93. The van der Waals surface area contributed by atoms with Crippen LogP contribution >= 0.6 is 23.1 Å². The molecule has 2 aromatic heterocycles. The van der Waals surface area contributed by atoms with Gasteiger partial charge in [-0.15, -0.1) is 11.3 Å². The summed E-state index contributed by atoms with van der Waals surface area (Å²) in [6, 6.07) is 1.68. The summed E-state index contributed by atoms with van der Waals surface area (Å²) in [6.45, 7) is 3.62. The zero-order valence-corrected chi connectivity index (χ0v) is 11.0. The lowest BCUT2D eigenvalue weighted by Crippen LogP contribution is -2.21. The lowest BCUT2D eigenvalue weighted by Gasteiger charge is -2.07. The second-order valence-electron chi connectivity index (χ2n) is 3.38. The molecule has 5 nitrogen and oxygen atoms in total. The van der Waals surface area contributed by atoms with E-state index in [1.165, 1.54) is 23.1 Å². The molecule has 1 amide bonds. The monoisotopic (exact) mass is 269 g/mol. The maximum atomic E-state index is 11.8. The summed E-state index contributed by atoms with van der Waals surface area (Å²) in [5.74, 6) is 0.250. The average Bonchev–Trinajstić information content (AvgIpc) is 2.90. The zero-order chi connectivity index (χ0) is 12.3. The van der Waals surface area contributed by atoms with Crippen LogP contribution in [0.15, 0.2) is 26.5 Å². The minimum absolute atomic E-state index is 0.124. The molecule has 2 heterocycles. The second-order valence-corrected chi connectivity index (χ2v) is 5.86. The van der Waals surface area contributed by atoms with Crippen LogP contribution in [0.2, 0.25) is 0 Å². The van der Waals surface area contributed by atoms with E-state index in [1.54, 1.807) is 19.2 Å². The lowest BCUT2D eigenvalue weighted by molar-refractivity contribution is -0.115. The van der Waals surface area contributed by atoms with Crippen molar-refractivity contribution < 1.29 is 9.32 Å². The van der Waals surface area contributed by atoms with Crippen LogP contribution in [-0.2, 0) is 4.79 Å². The number of carbonyl (C=O) groups excluding carboxylic acids is 1. The first-order valence-corrected chi connectivity index (χ1v) is 6.71. The molecular formula is C10H11N3O2S2. The van der Waals surface area contributed by atoms with Crippen molar-refractivity contribution in [1.82, 2.24) is 10.1 Å². The van der Waals surface area contributed by atoms with Crippen LogP contribution in [0.25, 0.3) is 0 Å². The molecule has 1 N–H and O–H groups in total. The van der Waals surface area contributed by atoms with Crippen LogP contribution in [0.4, 0.5) is 5.88 Å². The molecule has 2 rings (SSSR count). The molecule has 2 aromatic rings. The van der Waals surface area contributed by atoms with E-state index in [0.29, 0.717) is 5.88 Å². The molecule has 7 heteroatoms. The Kier molecular flexibility index (Phi) is 3.80. The Balaban J connectivity index is 1.91. The number of anilines is 1. The number of thiazole rings is 1. The van der Waals surface area contributed by atoms with Crippen molar-refractivity contribution in [2.24, 2.45) is 0 Å². The van der Waals surface area contributed by atoms with Gasteiger partial charge in [-0.25, -0.2) is 4.98 Å². The molecule has 0 aliphatic heterocycles. The van der Waals surface area contributed by atoms with E-state index in [0.717, 1.165) is 10.0 Å². The molecule has 0 radical (unpaired) electrons. The van der Waals surface area contributed by atoms with Crippen LogP contribution in [0.1, 0.15) is 12.6 Å². The highest BCUT2D eigenvalue weighted by Crippen LogP contribution is 2.25. The third kappa shape index (κ3) is 3.31. The average molecular weight is 269 g/mol. The summed E-state index contributed by atoms with van der Waals surface area (Å²) in [6.07, 6.45) is 1.72. The smallest absolute Gasteiger partial charge is 0.240 e. The molecule has 0 fully saturated rings. The van der Waals surface area contributed by atoms with E-state index in [2.05, 4.69) is 15.5 Å². The first-order valence-electron chi connectivity index (χ1n) is 4.95. The van der Waals surface area contributed by atoms with Crippen molar-refractivity contribution >= 4 is 34.9 Å². The highest BCUT2D eigenvalue weighted by Gasteiger charge is 2.17. The number of aromatic nitrogens is 2. The maximum Gasteiger partial charge on any atom is 0.240 e. The number of nitrogens with one attached hydrogen (secondary N) is 1. The van der Waals surface area contributed by atoms with Gasteiger partial charge < -0.3 is 4.52 Å². The van der Waals surface area contributed by atoms with Gasteiger partial charge in [-0.2, -0.15) is 0 Å². The Labute approximate surface area is 107 Å². The highest BCUT2D eigenvalue weighted by atomic mass is 32.2. The van der Waals surface area contributed by atoms with Crippen LogP contribution in [0.5, 0.6) is 0 Å². The van der Waals surface area contributed by atoms with Gasteiger partial charge in [-0.1, -0.05) is 16.9 Å². The fourth-order valence-electron chi connectivity index (χ4n) is 1.12. The number of carbonyl (C=O) groups is 1. The van der Waals surface area contributed by atoms with E-state index in [1.807, 2.05) is 12.3 Å². The standard InChI is InChI=1S/C10H11N3O2S2/c1-6-5-8(15-13-6)12-9(14)7(2)17-10-11-3-4-16-10/h3-5,7H,1-2H3,(H,12,14). The molecule has 0 saturated heterocycles. The highest BCUT2D eigenvalue weighted by molar-refractivity contribution is 8.02. The minimum Gasteiger partial charge on any atom is -0.338 e. The summed E-state index contributed by atoms with van der Waals surface area (Å²) >= 11 is 2.93. The topological polar surface area (TPSA) is 68.0 Å². The van der Waals surface area contributed by atoms with Crippen molar-refractivity contribution in [3.05, 3.63) is 23.3 Å². The predicted octanol–water partition coefficient (Wildman–Crippen LogP) is 2.56. The summed E-state index contributed by atoms with van der Waals surface area (Å²) in [4.78, 5) is 15.9. The van der Waals surface area contributed by atoms with E-state index >= 15 is 0 Å². The molecule has 0 bridgehead atoms. The number of amides is 1. The maximum absolute atomic E-state index is 11.8. The third-order valence-corrected chi connectivity index (χ3v) is 3.95. The molecule has 1 unspecified atom stereocenters. The van der Waals surface area contributed by atoms with Crippen molar-refractivity contribution in [3.8, 4) is 0 Å². The van der Waals surface area contributed by atoms with Crippen LogP contribution < -0.4 is 5.32 Å². The van der Waals surface area contributed by atoms with Gasteiger partial charge in [-0.05, 0) is 13.8 Å².